The van der Waals surface area contributed by atoms with Crippen LogP contribution >= 0.6 is 0 Å². The zero-order valence-electron chi connectivity index (χ0n) is 9.72. The van der Waals surface area contributed by atoms with Gasteiger partial charge in [-0.15, -0.1) is 0 Å². The summed E-state index contributed by atoms with van der Waals surface area (Å²) in [5.74, 6) is 1.41. The highest BCUT2D eigenvalue weighted by Gasteiger charge is 2.22. The standard InChI is InChI=1S/C13H19NO2/c1-16-13-5-3-2-4-12(13)9-14-7-6-11(8-14)10-15/h2-5,11,15H,6-10H2,1H3. The van der Waals surface area contributed by atoms with Crippen LogP contribution in [-0.2, 0) is 6.54 Å². The highest BCUT2D eigenvalue weighted by molar-refractivity contribution is 5.33. The minimum atomic E-state index is 0.308. The van der Waals surface area contributed by atoms with Crippen molar-refractivity contribution in [3.63, 3.8) is 0 Å². The minimum Gasteiger partial charge on any atom is -0.496 e. The van der Waals surface area contributed by atoms with Gasteiger partial charge in [0.05, 0.1) is 7.11 Å². The molecule has 1 aliphatic rings. The topological polar surface area (TPSA) is 32.7 Å². The summed E-state index contributed by atoms with van der Waals surface area (Å²) < 4.78 is 5.33. The molecule has 1 saturated heterocycles. The molecule has 0 bridgehead atoms. The van der Waals surface area contributed by atoms with Gasteiger partial charge in [0.1, 0.15) is 5.75 Å². The fraction of sp³-hybridized carbons (Fsp3) is 0.538. The lowest BCUT2D eigenvalue weighted by Crippen LogP contribution is -2.21. The van der Waals surface area contributed by atoms with E-state index in [4.69, 9.17) is 9.84 Å². The molecule has 1 heterocycles. The predicted molar refractivity (Wildman–Crippen MR) is 63.5 cm³/mol. The van der Waals surface area contributed by atoms with E-state index in [1.165, 1.54) is 5.56 Å². The summed E-state index contributed by atoms with van der Waals surface area (Å²) in [6.45, 7) is 3.29. The normalized spacial score (nSPS) is 21.2. The number of ether oxygens (including phenoxy) is 1. The second-order valence-corrected chi connectivity index (χ2v) is 4.38. The quantitative estimate of drug-likeness (QED) is 0.836. The first-order valence-corrected chi connectivity index (χ1v) is 5.78. The van der Waals surface area contributed by atoms with Gasteiger partial charge in [0.25, 0.3) is 0 Å². The molecule has 1 N–H and O–H groups in total. The third-order valence-corrected chi connectivity index (χ3v) is 3.21. The average molecular weight is 221 g/mol. The SMILES string of the molecule is COc1ccccc1CN1CCC(CO)C1. The highest BCUT2D eigenvalue weighted by Crippen LogP contribution is 2.23. The van der Waals surface area contributed by atoms with E-state index < -0.39 is 0 Å². The first-order chi connectivity index (χ1) is 7.83. The molecule has 0 aliphatic carbocycles. The van der Waals surface area contributed by atoms with Crippen LogP contribution < -0.4 is 4.74 Å². The van der Waals surface area contributed by atoms with Crippen LogP contribution in [0.1, 0.15) is 12.0 Å². The van der Waals surface area contributed by atoms with Crippen molar-refractivity contribution in [2.24, 2.45) is 5.92 Å². The first-order valence-electron chi connectivity index (χ1n) is 5.78. The van der Waals surface area contributed by atoms with E-state index in [1.807, 2.05) is 18.2 Å². The van der Waals surface area contributed by atoms with E-state index >= 15 is 0 Å². The third kappa shape index (κ3) is 2.54. The second kappa shape index (κ2) is 5.32. The smallest absolute Gasteiger partial charge is 0.123 e. The molecule has 3 nitrogen and oxygen atoms in total. The van der Waals surface area contributed by atoms with E-state index in [0.717, 1.165) is 31.8 Å². The lowest BCUT2D eigenvalue weighted by Gasteiger charge is -2.17. The van der Waals surface area contributed by atoms with Gasteiger partial charge in [-0.1, -0.05) is 18.2 Å². The van der Waals surface area contributed by atoms with E-state index in [9.17, 15) is 0 Å². The summed E-state index contributed by atoms with van der Waals surface area (Å²) in [6, 6.07) is 8.13. The van der Waals surface area contributed by atoms with Crippen LogP contribution in [0.4, 0.5) is 0 Å². The molecule has 1 aromatic rings. The van der Waals surface area contributed by atoms with Gasteiger partial charge in [-0.3, -0.25) is 4.90 Å². The molecular formula is C13H19NO2. The number of hydrogen-bond acceptors (Lipinski definition) is 3. The Kier molecular flexibility index (Phi) is 3.80. The summed E-state index contributed by atoms with van der Waals surface area (Å²) in [4.78, 5) is 2.37. The van der Waals surface area contributed by atoms with Crippen molar-refractivity contribution in [1.82, 2.24) is 4.90 Å². The maximum Gasteiger partial charge on any atom is 0.123 e. The maximum atomic E-state index is 9.10. The number of hydrogen-bond donors (Lipinski definition) is 1. The van der Waals surface area contributed by atoms with Crippen molar-refractivity contribution < 1.29 is 9.84 Å². The molecule has 3 heteroatoms. The maximum absolute atomic E-state index is 9.10. The molecule has 2 rings (SSSR count). The molecule has 1 aromatic carbocycles. The molecule has 88 valence electrons. The van der Waals surface area contributed by atoms with Gasteiger partial charge in [-0.25, -0.2) is 0 Å². The number of aliphatic hydroxyl groups excluding tert-OH is 1. The molecule has 0 spiro atoms. The number of nitrogens with zero attached hydrogens (tertiary/aromatic N) is 1. The molecule has 1 fully saturated rings. The number of methoxy groups -OCH3 is 1. The van der Waals surface area contributed by atoms with E-state index in [2.05, 4.69) is 11.0 Å². The van der Waals surface area contributed by atoms with Gasteiger partial charge in [0.15, 0.2) is 0 Å². The summed E-state index contributed by atoms with van der Waals surface area (Å²) in [5, 5.41) is 9.10. The summed E-state index contributed by atoms with van der Waals surface area (Å²) >= 11 is 0. The second-order valence-electron chi connectivity index (χ2n) is 4.38. The summed E-state index contributed by atoms with van der Waals surface area (Å²) in [6.07, 6.45) is 1.10. The minimum absolute atomic E-state index is 0.308. The van der Waals surface area contributed by atoms with Crippen molar-refractivity contribution in [3.8, 4) is 5.75 Å². The largest absolute Gasteiger partial charge is 0.496 e. The lowest BCUT2D eigenvalue weighted by atomic mass is 10.1. The van der Waals surface area contributed by atoms with Crippen LogP contribution in [0.5, 0.6) is 5.75 Å². The predicted octanol–water partition coefficient (Wildman–Crippen LogP) is 1.51. The highest BCUT2D eigenvalue weighted by atomic mass is 16.5. The first kappa shape index (κ1) is 11.4. The third-order valence-electron chi connectivity index (χ3n) is 3.21. The Morgan fingerprint density at radius 2 is 2.25 bits per heavy atom. The Morgan fingerprint density at radius 1 is 1.44 bits per heavy atom. The van der Waals surface area contributed by atoms with Crippen molar-refractivity contribution in [1.29, 1.82) is 0 Å². The van der Waals surface area contributed by atoms with Crippen LogP contribution in [0, 0.1) is 5.92 Å². The van der Waals surface area contributed by atoms with Gasteiger partial charge in [0.2, 0.25) is 0 Å². The monoisotopic (exact) mass is 221 g/mol. The van der Waals surface area contributed by atoms with Crippen LogP contribution in [0.15, 0.2) is 24.3 Å². The summed E-state index contributed by atoms with van der Waals surface area (Å²) in [7, 11) is 1.71. The molecule has 1 atom stereocenters. The van der Waals surface area contributed by atoms with Gasteiger partial charge >= 0.3 is 0 Å². The lowest BCUT2D eigenvalue weighted by molar-refractivity contribution is 0.219. The Bertz CT molecular complexity index is 340. The van der Waals surface area contributed by atoms with Crippen LogP contribution in [0.2, 0.25) is 0 Å². The molecule has 1 unspecified atom stereocenters. The van der Waals surface area contributed by atoms with Gasteiger partial charge in [-0.2, -0.15) is 0 Å². The molecular weight excluding hydrogens is 202 g/mol. The fourth-order valence-electron chi connectivity index (χ4n) is 2.28. The molecule has 0 aromatic heterocycles. The molecule has 16 heavy (non-hydrogen) atoms. The van der Waals surface area contributed by atoms with Gasteiger partial charge in [0, 0.05) is 25.3 Å². The molecule has 0 saturated carbocycles. The van der Waals surface area contributed by atoms with Crippen molar-refractivity contribution in [2.45, 2.75) is 13.0 Å². The Morgan fingerprint density at radius 3 is 2.94 bits per heavy atom. The Balaban J connectivity index is 1.99. The molecule has 0 amide bonds. The zero-order valence-corrected chi connectivity index (χ0v) is 9.72. The van der Waals surface area contributed by atoms with Crippen LogP contribution in [-0.4, -0.2) is 36.8 Å². The average Bonchev–Trinajstić information content (AvgIpc) is 2.77. The van der Waals surface area contributed by atoms with Crippen molar-refractivity contribution >= 4 is 0 Å². The van der Waals surface area contributed by atoms with Crippen LogP contribution in [0.3, 0.4) is 0 Å². The number of benzene rings is 1. The summed E-state index contributed by atoms with van der Waals surface area (Å²) in [5.41, 5.74) is 1.23. The Hall–Kier alpha value is -1.06. The van der Waals surface area contributed by atoms with Crippen molar-refractivity contribution in [2.75, 3.05) is 26.8 Å². The number of rotatable bonds is 4. The van der Waals surface area contributed by atoms with Gasteiger partial charge < -0.3 is 9.84 Å². The molecule has 1 aliphatic heterocycles. The number of likely N-dealkylation sites (tertiary alicyclic amines) is 1. The van der Waals surface area contributed by atoms with Crippen LogP contribution in [0.25, 0.3) is 0 Å². The number of aliphatic hydroxyl groups is 1. The number of para-hydroxylation sites is 1. The zero-order chi connectivity index (χ0) is 11.4. The van der Waals surface area contributed by atoms with Gasteiger partial charge in [-0.05, 0) is 24.9 Å². The van der Waals surface area contributed by atoms with Crippen molar-refractivity contribution in [3.05, 3.63) is 29.8 Å². The Labute approximate surface area is 96.6 Å². The molecule has 0 radical (unpaired) electrons. The fourth-order valence-corrected chi connectivity index (χ4v) is 2.28. The van der Waals surface area contributed by atoms with E-state index in [0.29, 0.717) is 12.5 Å². The van der Waals surface area contributed by atoms with E-state index in [1.54, 1.807) is 7.11 Å². The van der Waals surface area contributed by atoms with E-state index in [-0.39, 0.29) is 0 Å².